The summed E-state index contributed by atoms with van der Waals surface area (Å²) in [5.41, 5.74) is 6.86. The van der Waals surface area contributed by atoms with Crippen molar-refractivity contribution in [2.45, 2.75) is 83.3 Å². The molecule has 5 atom stereocenters. The molecule has 286 valence electrons. The maximum atomic E-state index is 13.5. The summed E-state index contributed by atoms with van der Waals surface area (Å²) in [5.74, 6) is 1.28. The number of hydrogen-bond acceptors (Lipinski definition) is 8. The summed E-state index contributed by atoms with van der Waals surface area (Å²) in [6, 6.07) is 15.7. The normalized spacial score (nSPS) is 19.5. The van der Waals surface area contributed by atoms with Crippen LogP contribution >= 0.6 is 0 Å². The molecule has 7 rings (SSSR count). The molecule has 3 aromatic heterocycles. The average Bonchev–Trinajstić information content (AvgIpc) is 4.02. The lowest BCUT2D eigenvalue weighted by Crippen LogP contribution is -2.51. The van der Waals surface area contributed by atoms with Crippen LogP contribution in [-0.4, -0.2) is 72.4 Å². The van der Waals surface area contributed by atoms with Gasteiger partial charge in [-0.2, -0.15) is 0 Å². The van der Waals surface area contributed by atoms with Gasteiger partial charge in [0.05, 0.1) is 43.0 Å². The lowest BCUT2D eigenvalue weighted by Gasteiger charge is -2.30. The summed E-state index contributed by atoms with van der Waals surface area (Å²) >= 11 is 0. The van der Waals surface area contributed by atoms with E-state index in [9.17, 15) is 14.4 Å². The number of imidazole rings is 2. The number of nitrogens with zero attached hydrogens (tertiary/aromatic N) is 5. The standard InChI is InChI=1S/C42H49N9O4/c1-25(2)37(50-42(54)55-4)41(53)51-19-7-10-36(51)39-46-23-35(49-39)30-17-13-28(14-18-30)27-11-15-29(16-12-27)34-22-45-38(48-34)32-8-5-6-9-33(32)40(52)47-26(3)31-20-43-24-44-21-31/h11-18,20-26,32-33,36-37H,5-10,19H2,1-4H3,(H,45,48)(H,46,49)(H,47,52)(H,50,54)/t26?,32-,33?,36?,37?/m1/s1. The van der Waals surface area contributed by atoms with Crippen molar-refractivity contribution >= 4 is 17.9 Å². The van der Waals surface area contributed by atoms with Gasteiger partial charge in [0.1, 0.15) is 24.0 Å². The van der Waals surface area contributed by atoms with Gasteiger partial charge in [-0.3, -0.25) is 9.59 Å². The van der Waals surface area contributed by atoms with E-state index < -0.39 is 12.1 Å². The van der Waals surface area contributed by atoms with Gasteiger partial charge in [0.15, 0.2) is 0 Å². The van der Waals surface area contributed by atoms with Gasteiger partial charge in [-0.05, 0) is 60.8 Å². The third kappa shape index (κ3) is 8.30. The molecule has 13 heteroatoms. The third-order valence-corrected chi connectivity index (χ3v) is 11.1. The summed E-state index contributed by atoms with van der Waals surface area (Å²) in [4.78, 5) is 65.4. The number of H-pyrrole nitrogens is 2. The molecule has 1 aliphatic carbocycles. The van der Waals surface area contributed by atoms with Crippen LogP contribution in [0.3, 0.4) is 0 Å². The zero-order valence-electron chi connectivity index (χ0n) is 31.8. The second kappa shape index (κ2) is 16.7. The van der Waals surface area contributed by atoms with E-state index in [2.05, 4.69) is 84.1 Å². The molecule has 1 saturated heterocycles. The van der Waals surface area contributed by atoms with Crippen LogP contribution in [0.2, 0.25) is 0 Å². The van der Waals surface area contributed by atoms with Crippen LogP contribution in [0.5, 0.6) is 0 Å². The second-order valence-electron chi connectivity index (χ2n) is 15.0. The zero-order chi connectivity index (χ0) is 38.5. The zero-order valence-corrected chi connectivity index (χ0v) is 31.8. The van der Waals surface area contributed by atoms with Gasteiger partial charge in [-0.1, -0.05) is 75.2 Å². The number of nitrogens with one attached hydrogen (secondary N) is 4. The first-order chi connectivity index (χ1) is 26.7. The van der Waals surface area contributed by atoms with Crippen LogP contribution < -0.4 is 10.6 Å². The lowest BCUT2D eigenvalue weighted by atomic mass is 9.78. The molecule has 0 spiro atoms. The quantitative estimate of drug-likeness (QED) is 0.111. The summed E-state index contributed by atoms with van der Waals surface area (Å²) in [5, 5.41) is 5.88. The Hall–Kier alpha value is -5.85. The Morgan fingerprint density at radius 2 is 1.33 bits per heavy atom. The van der Waals surface area contributed by atoms with Gasteiger partial charge in [0.25, 0.3) is 0 Å². The van der Waals surface area contributed by atoms with Crippen molar-refractivity contribution in [1.29, 1.82) is 0 Å². The number of methoxy groups -OCH3 is 1. The Morgan fingerprint density at radius 1 is 0.745 bits per heavy atom. The molecular formula is C42H49N9O4. The minimum absolute atomic E-state index is 0.0256. The van der Waals surface area contributed by atoms with E-state index in [4.69, 9.17) is 9.72 Å². The van der Waals surface area contributed by atoms with Crippen LogP contribution in [0.25, 0.3) is 33.6 Å². The largest absolute Gasteiger partial charge is 0.453 e. The number of ether oxygens (including phenoxy) is 1. The number of carbonyl (C=O) groups excluding carboxylic acids is 3. The Kier molecular flexibility index (Phi) is 11.4. The van der Waals surface area contributed by atoms with Crippen LogP contribution in [0, 0.1) is 11.8 Å². The monoisotopic (exact) mass is 743 g/mol. The Balaban J connectivity index is 0.993. The minimum Gasteiger partial charge on any atom is -0.453 e. The second-order valence-corrected chi connectivity index (χ2v) is 15.0. The highest BCUT2D eigenvalue weighted by Gasteiger charge is 2.38. The van der Waals surface area contributed by atoms with Crippen LogP contribution in [0.4, 0.5) is 4.79 Å². The van der Waals surface area contributed by atoms with E-state index in [-0.39, 0.29) is 41.7 Å². The Bertz CT molecular complexity index is 2080. The SMILES string of the molecule is COC(=O)NC(C(=O)N1CCCC1c1ncc(-c2ccc(-c3ccc(-c4cnc([C@@H]5CCCCC5C(=O)NC(C)c5cncnc5)[nH]4)cc3)cc2)[nH]1)C(C)C. The highest BCUT2D eigenvalue weighted by Crippen LogP contribution is 2.38. The number of amides is 3. The van der Waals surface area contributed by atoms with Gasteiger partial charge in [-0.15, -0.1) is 0 Å². The van der Waals surface area contributed by atoms with Crippen LogP contribution in [0.15, 0.2) is 79.6 Å². The predicted molar refractivity (Wildman–Crippen MR) is 208 cm³/mol. The smallest absolute Gasteiger partial charge is 0.407 e. The summed E-state index contributed by atoms with van der Waals surface area (Å²) in [6.07, 6.45) is 13.5. The number of alkyl carbamates (subject to hydrolysis) is 1. The minimum atomic E-state index is -0.679. The molecule has 4 unspecified atom stereocenters. The number of benzene rings is 2. The number of likely N-dealkylation sites (tertiary alicyclic amines) is 1. The number of hydrogen-bond donors (Lipinski definition) is 4. The van der Waals surface area contributed by atoms with E-state index in [1.807, 2.05) is 38.1 Å². The van der Waals surface area contributed by atoms with Crippen molar-refractivity contribution in [1.82, 2.24) is 45.4 Å². The van der Waals surface area contributed by atoms with Crippen LogP contribution in [0.1, 0.15) is 94.5 Å². The molecule has 55 heavy (non-hydrogen) atoms. The molecule has 2 aliphatic rings. The average molecular weight is 744 g/mol. The van der Waals surface area contributed by atoms with Crippen molar-refractivity contribution in [3.8, 4) is 33.6 Å². The number of aromatic amines is 2. The van der Waals surface area contributed by atoms with E-state index in [1.54, 1.807) is 12.4 Å². The van der Waals surface area contributed by atoms with E-state index in [0.717, 1.165) is 89.4 Å². The molecule has 3 amide bonds. The molecule has 5 aromatic rings. The molecule has 0 radical (unpaired) electrons. The number of aromatic nitrogens is 6. The topological polar surface area (TPSA) is 171 Å². The van der Waals surface area contributed by atoms with Crippen molar-refractivity contribution in [2.75, 3.05) is 13.7 Å². The van der Waals surface area contributed by atoms with E-state index in [1.165, 1.54) is 13.4 Å². The molecule has 2 aromatic carbocycles. The van der Waals surface area contributed by atoms with Gasteiger partial charge >= 0.3 is 6.09 Å². The fourth-order valence-electron chi connectivity index (χ4n) is 7.91. The van der Waals surface area contributed by atoms with Crippen molar-refractivity contribution < 1.29 is 19.1 Å². The molecule has 13 nitrogen and oxygen atoms in total. The van der Waals surface area contributed by atoms with Gasteiger partial charge < -0.3 is 30.2 Å². The summed E-state index contributed by atoms with van der Waals surface area (Å²) < 4.78 is 4.76. The maximum absolute atomic E-state index is 13.5. The van der Waals surface area contributed by atoms with Crippen molar-refractivity contribution in [3.05, 3.63) is 96.9 Å². The number of rotatable bonds is 11. The highest BCUT2D eigenvalue weighted by atomic mass is 16.5. The van der Waals surface area contributed by atoms with E-state index in [0.29, 0.717) is 6.54 Å². The first kappa shape index (κ1) is 37.5. The molecule has 1 saturated carbocycles. The van der Waals surface area contributed by atoms with Crippen LogP contribution in [-0.2, 0) is 14.3 Å². The summed E-state index contributed by atoms with van der Waals surface area (Å²) in [7, 11) is 1.29. The Morgan fingerprint density at radius 3 is 1.95 bits per heavy atom. The first-order valence-electron chi connectivity index (χ1n) is 19.2. The fourth-order valence-corrected chi connectivity index (χ4v) is 7.91. The Labute approximate surface area is 321 Å². The maximum Gasteiger partial charge on any atom is 0.407 e. The third-order valence-electron chi connectivity index (χ3n) is 11.1. The molecule has 4 N–H and O–H groups in total. The van der Waals surface area contributed by atoms with Crippen molar-refractivity contribution in [2.24, 2.45) is 11.8 Å². The molecule has 2 fully saturated rings. The molecular weight excluding hydrogens is 695 g/mol. The van der Waals surface area contributed by atoms with Crippen molar-refractivity contribution in [3.63, 3.8) is 0 Å². The summed E-state index contributed by atoms with van der Waals surface area (Å²) in [6.45, 7) is 6.38. The van der Waals surface area contributed by atoms with Gasteiger partial charge in [0, 0.05) is 36.3 Å². The molecule has 1 aliphatic heterocycles. The lowest BCUT2D eigenvalue weighted by molar-refractivity contribution is -0.135. The fraction of sp³-hybridized carbons (Fsp3) is 0.405. The van der Waals surface area contributed by atoms with Gasteiger partial charge in [-0.25, -0.2) is 24.7 Å². The molecule has 0 bridgehead atoms. The predicted octanol–water partition coefficient (Wildman–Crippen LogP) is 7.12. The van der Waals surface area contributed by atoms with E-state index >= 15 is 0 Å². The highest BCUT2D eigenvalue weighted by molar-refractivity contribution is 5.86. The first-order valence-corrected chi connectivity index (χ1v) is 19.2. The number of carbonyl (C=O) groups is 3. The molecule has 4 heterocycles. The van der Waals surface area contributed by atoms with Gasteiger partial charge in [0.2, 0.25) is 11.8 Å².